The number of nitrogens with one attached hydrogen (secondary N) is 1. The van der Waals surface area contributed by atoms with Crippen LogP contribution >= 0.6 is 0 Å². The van der Waals surface area contributed by atoms with Crippen LogP contribution in [0.25, 0.3) is 0 Å². The van der Waals surface area contributed by atoms with Crippen molar-refractivity contribution in [2.45, 2.75) is 5.92 Å². The van der Waals surface area contributed by atoms with Crippen molar-refractivity contribution < 1.29 is 9.59 Å². The lowest BCUT2D eigenvalue weighted by atomic mass is 10.0. The molecule has 0 bridgehead atoms. The minimum Gasteiger partial charge on any atom is -0.369 e. The summed E-state index contributed by atoms with van der Waals surface area (Å²) < 4.78 is 0. The third-order valence-corrected chi connectivity index (χ3v) is 1.94. The summed E-state index contributed by atoms with van der Waals surface area (Å²) in [5.74, 6) is -1.51. The first-order valence-corrected chi connectivity index (χ1v) is 3.75. The summed E-state index contributed by atoms with van der Waals surface area (Å²) in [7, 11) is 0. The number of carbonyl (C=O) groups is 2. The number of nitrogens with zero attached hydrogens (tertiary/aromatic N) is 1. The molecule has 1 aromatic heterocycles. The van der Waals surface area contributed by atoms with Gasteiger partial charge in [0.25, 0.3) is 0 Å². The zero-order chi connectivity index (χ0) is 9.42. The van der Waals surface area contributed by atoms with E-state index in [1.54, 1.807) is 18.3 Å². The van der Waals surface area contributed by atoms with E-state index in [0.29, 0.717) is 11.4 Å². The molecular formula is C8H7N3O2. The summed E-state index contributed by atoms with van der Waals surface area (Å²) >= 11 is 0. The van der Waals surface area contributed by atoms with Crippen molar-refractivity contribution in [3.05, 3.63) is 23.9 Å². The van der Waals surface area contributed by atoms with E-state index in [0.717, 1.165) is 0 Å². The second kappa shape index (κ2) is 2.55. The van der Waals surface area contributed by atoms with E-state index >= 15 is 0 Å². The standard InChI is InChI=1S/C8H7N3O2/c9-6(12)5-4-2-1-3-10-7(4)11-8(5)13/h1-3,5H,(H2,9,12)(H,10,11,13). The quantitative estimate of drug-likeness (QED) is 0.572. The van der Waals surface area contributed by atoms with Gasteiger partial charge in [0.2, 0.25) is 11.8 Å². The molecule has 0 aliphatic carbocycles. The molecule has 1 atom stereocenters. The van der Waals surface area contributed by atoms with E-state index in [-0.39, 0.29) is 0 Å². The molecule has 5 nitrogen and oxygen atoms in total. The third kappa shape index (κ3) is 1.05. The molecule has 2 rings (SSSR count). The second-order valence-corrected chi connectivity index (χ2v) is 2.77. The normalized spacial score (nSPS) is 19.4. The maximum absolute atomic E-state index is 11.2. The number of fused-ring (bicyclic) bond motifs is 1. The summed E-state index contributed by atoms with van der Waals surface area (Å²) in [6.45, 7) is 0. The topological polar surface area (TPSA) is 85.1 Å². The zero-order valence-corrected chi connectivity index (χ0v) is 6.65. The Morgan fingerprint density at radius 1 is 1.62 bits per heavy atom. The van der Waals surface area contributed by atoms with Crippen molar-refractivity contribution in [2.75, 3.05) is 5.32 Å². The lowest BCUT2D eigenvalue weighted by molar-refractivity contribution is -0.126. The van der Waals surface area contributed by atoms with Crippen molar-refractivity contribution in [3.8, 4) is 0 Å². The molecule has 0 aromatic carbocycles. The number of hydrogen-bond donors (Lipinski definition) is 2. The van der Waals surface area contributed by atoms with Crippen LogP contribution in [0.15, 0.2) is 18.3 Å². The van der Waals surface area contributed by atoms with Crippen LogP contribution < -0.4 is 11.1 Å². The fourth-order valence-corrected chi connectivity index (χ4v) is 1.37. The van der Waals surface area contributed by atoms with Gasteiger partial charge >= 0.3 is 0 Å². The van der Waals surface area contributed by atoms with Gasteiger partial charge in [-0.25, -0.2) is 4.98 Å². The molecular weight excluding hydrogens is 170 g/mol. The highest BCUT2D eigenvalue weighted by Gasteiger charge is 2.35. The third-order valence-electron chi connectivity index (χ3n) is 1.94. The summed E-state index contributed by atoms with van der Waals surface area (Å²) in [5.41, 5.74) is 5.63. The van der Waals surface area contributed by atoms with Crippen molar-refractivity contribution in [3.63, 3.8) is 0 Å². The first-order chi connectivity index (χ1) is 6.20. The fraction of sp³-hybridized carbons (Fsp3) is 0.125. The molecule has 2 amide bonds. The Balaban J connectivity index is 2.52. The van der Waals surface area contributed by atoms with Gasteiger partial charge in [-0.15, -0.1) is 0 Å². The first kappa shape index (κ1) is 7.72. The predicted molar refractivity (Wildman–Crippen MR) is 44.8 cm³/mol. The number of carbonyl (C=O) groups excluding carboxylic acids is 2. The van der Waals surface area contributed by atoms with Gasteiger partial charge in [0.1, 0.15) is 11.7 Å². The lowest BCUT2D eigenvalue weighted by Crippen LogP contribution is -2.27. The summed E-state index contributed by atoms with van der Waals surface area (Å²) in [6, 6.07) is 3.32. The number of hydrogen-bond acceptors (Lipinski definition) is 3. The van der Waals surface area contributed by atoms with Crippen LogP contribution in [0.2, 0.25) is 0 Å². The maximum atomic E-state index is 11.2. The maximum Gasteiger partial charge on any atom is 0.242 e. The number of amides is 2. The summed E-state index contributed by atoms with van der Waals surface area (Å²) in [5, 5.41) is 2.48. The van der Waals surface area contributed by atoms with Crippen LogP contribution in [0.4, 0.5) is 5.82 Å². The second-order valence-electron chi connectivity index (χ2n) is 2.77. The highest BCUT2D eigenvalue weighted by atomic mass is 16.2. The number of aromatic nitrogens is 1. The van der Waals surface area contributed by atoms with Crippen molar-refractivity contribution >= 4 is 17.6 Å². The average molecular weight is 177 g/mol. The molecule has 1 aromatic rings. The molecule has 0 fully saturated rings. The van der Waals surface area contributed by atoms with E-state index in [9.17, 15) is 9.59 Å². The number of anilines is 1. The van der Waals surface area contributed by atoms with E-state index in [4.69, 9.17) is 5.73 Å². The average Bonchev–Trinajstić information content (AvgIpc) is 2.39. The van der Waals surface area contributed by atoms with Crippen molar-refractivity contribution in [2.24, 2.45) is 5.73 Å². The zero-order valence-electron chi connectivity index (χ0n) is 6.65. The molecule has 66 valence electrons. The molecule has 3 N–H and O–H groups in total. The molecule has 0 saturated carbocycles. The van der Waals surface area contributed by atoms with Gasteiger partial charge in [0, 0.05) is 11.8 Å². The minimum absolute atomic E-state index is 0.402. The summed E-state index contributed by atoms with van der Waals surface area (Å²) in [4.78, 5) is 26.0. The van der Waals surface area contributed by atoms with Crippen LogP contribution in [-0.2, 0) is 9.59 Å². The van der Waals surface area contributed by atoms with Gasteiger partial charge < -0.3 is 11.1 Å². The molecule has 0 saturated heterocycles. The van der Waals surface area contributed by atoms with E-state index in [1.165, 1.54) is 0 Å². The van der Waals surface area contributed by atoms with Gasteiger partial charge in [-0.1, -0.05) is 6.07 Å². The van der Waals surface area contributed by atoms with Crippen LogP contribution in [0.1, 0.15) is 11.5 Å². The van der Waals surface area contributed by atoms with E-state index in [1.807, 2.05) is 0 Å². The summed E-state index contributed by atoms with van der Waals surface area (Å²) in [6.07, 6.45) is 1.54. The predicted octanol–water partition coefficient (Wildman–Crippen LogP) is -0.397. The van der Waals surface area contributed by atoms with Crippen LogP contribution in [-0.4, -0.2) is 16.8 Å². The SMILES string of the molecule is NC(=O)C1C(=O)Nc2ncccc21. The molecule has 13 heavy (non-hydrogen) atoms. The van der Waals surface area contributed by atoms with Gasteiger partial charge in [-0.2, -0.15) is 0 Å². The Hall–Kier alpha value is -1.91. The van der Waals surface area contributed by atoms with E-state index < -0.39 is 17.7 Å². The van der Waals surface area contributed by atoms with E-state index in [2.05, 4.69) is 10.3 Å². The number of primary amides is 1. The Labute approximate surface area is 74.0 Å². The Bertz CT molecular complexity index is 389. The molecule has 0 spiro atoms. The first-order valence-electron chi connectivity index (χ1n) is 3.75. The number of rotatable bonds is 1. The highest BCUT2D eigenvalue weighted by molar-refractivity contribution is 6.15. The highest BCUT2D eigenvalue weighted by Crippen LogP contribution is 2.29. The van der Waals surface area contributed by atoms with Gasteiger partial charge in [-0.05, 0) is 6.07 Å². The largest absolute Gasteiger partial charge is 0.369 e. The molecule has 2 heterocycles. The van der Waals surface area contributed by atoms with Crippen LogP contribution in [0.3, 0.4) is 0 Å². The molecule has 5 heteroatoms. The Morgan fingerprint density at radius 3 is 3.08 bits per heavy atom. The number of nitrogens with two attached hydrogens (primary N) is 1. The van der Waals surface area contributed by atoms with Crippen LogP contribution in [0, 0.1) is 0 Å². The lowest BCUT2D eigenvalue weighted by Gasteiger charge is -2.00. The van der Waals surface area contributed by atoms with Gasteiger partial charge in [-0.3, -0.25) is 9.59 Å². The molecule has 1 unspecified atom stereocenters. The van der Waals surface area contributed by atoms with Crippen molar-refractivity contribution in [1.29, 1.82) is 0 Å². The smallest absolute Gasteiger partial charge is 0.242 e. The fourth-order valence-electron chi connectivity index (χ4n) is 1.37. The molecule has 1 aliphatic rings. The van der Waals surface area contributed by atoms with Gasteiger partial charge in [0.15, 0.2) is 0 Å². The number of pyridine rings is 1. The molecule has 0 radical (unpaired) electrons. The Kier molecular flexibility index (Phi) is 1.51. The van der Waals surface area contributed by atoms with Gasteiger partial charge in [0.05, 0.1) is 0 Å². The van der Waals surface area contributed by atoms with Crippen molar-refractivity contribution in [1.82, 2.24) is 4.98 Å². The molecule has 1 aliphatic heterocycles. The Morgan fingerprint density at radius 2 is 2.38 bits per heavy atom. The monoisotopic (exact) mass is 177 g/mol. The van der Waals surface area contributed by atoms with Crippen LogP contribution in [0.5, 0.6) is 0 Å². The minimum atomic E-state index is -0.885.